The van der Waals surface area contributed by atoms with Gasteiger partial charge >= 0.3 is 0 Å². The fraction of sp³-hybridized carbons (Fsp3) is 1.00. The minimum absolute atomic E-state index is 0.828. The third kappa shape index (κ3) is 2.35. The summed E-state index contributed by atoms with van der Waals surface area (Å²) in [5, 5.41) is 0. The summed E-state index contributed by atoms with van der Waals surface area (Å²) in [4.78, 5) is 0. The van der Waals surface area contributed by atoms with Gasteiger partial charge in [0.1, 0.15) is 0 Å². The molecule has 1 rings (SSSR count). The highest BCUT2D eigenvalue weighted by Gasteiger charge is 2.32. The van der Waals surface area contributed by atoms with Gasteiger partial charge < -0.3 is 0 Å². The molecule has 0 aromatic heterocycles. The van der Waals surface area contributed by atoms with Crippen LogP contribution in [0, 0.1) is 11.8 Å². The van der Waals surface area contributed by atoms with E-state index in [-0.39, 0.29) is 0 Å². The molecule has 0 nitrogen and oxygen atoms in total. The van der Waals surface area contributed by atoms with Crippen molar-refractivity contribution in [1.29, 1.82) is 0 Å². The van der Waals surface area contributed by atoms with Crippen molar-refractivity contribution in [3.8, 4) is 0 Å². The number of hydrogen-bond donors (Lipinski definition) is 0. The molecule has 0 aromatic carbocycles. The summed E-state index contributed by atoms with van der Waals surface area (Å²) >= 11 is 0. The SMILES string of the molecule is CC1CCC([Si](C)(C)C)CC1C. The first-order valence-electron chi connectivity index (χ1n) is 5.41. The van der Waals surface area contributed by atoms with Gasteiger partial charge in [-0.25, -0.2) is 0 Å². The molecule has 0 amide bonds. The minimum Gasteiger partial charge on any atom is -0.0693 e. The molecule has 1 heteroatoms. The van der Waals surface area contributed by atoms with Gasteiger partial charge in [-0.3, -0.25) is 0 Å². The standard InChI is InChI=1S/C11H24Si/c1-9-6-7-11(8-10(9)2)12(3,4)5/h9-11H,6-8H2,1-5H3. The van der Waals surface area contributed by atoms with Crippen molar-refractivity contribution >= 4 is 8.07 Å². The van der Waals surface area contributed by atoms with Crippen molar-refractivity contribution in [1.82, 2.24) is 0 Å². The molecule has 0 N–H and O–H groups in total. The Balaban J connectivity index is 2.51. The maximum Gasteiger partial charge on any atom is 0.0473 e. The van der Waals surface area contributed by atoms with E-state index >= 15 is 0 Å². The van der Waals surface area contributed by atoms with Gasteiger partial charge in [0.25, 0.3) is 0 Å². The summed E-state index contributed by atoms with van der Waals surface area (Å²) in [5.41, 5.74) is 1.10. The van der Waals surface area contributed by atoms with Crippen LogP contribution in [0.1, 0.15) is 33.1 Å². The van der Waals surface area contributed by atoms with Gasteiger partial charge in [-0.15, -0.1) is 0 Å². The number of hydrogen-bond acceptors (Lipinski definition) is 0. The van der Waals surface area contributed by atoms with Crippen LogP contribution in [0.4, 0.5) is 0 Å². The largest absolute Gasteiger partial charge is 0.0693 e. The lowest BCUT2D eigenvalue weighted by Crippen LogP contribution is -2.33. The highest BCUT2D eigenvalue weighted by atomic mass is 28.3. The molecule has 1 saturated carbocycles. The van der Waals surface area contributed by atoms with E-state index in [1.54, 1.807) is 0 Å². The fourth-order valence-electron chi connectivity index (χ4n) is 2.33. The Hall–Kier alpha value is 0.217. The van der Waals surface area contributed by atoms with Crippen LogP contribution in [0.2, 0.25) is 25.2 Å². The first-order valence-corrected chi connectivity index (χ1v) is 8.99. The van der Waals surface area contributed by atoms with E-state index < -0.39 is 8.07 Å². The number of rotatable bonds is 1. The van der Waals surface area contributed by atoms with Gasteiger partial charge in [-0.2, -0.15) is 0 Å². The molecule has 0 aliphatic heterocycles. The van der Waals surface area contributed by atoms with E-state index in [0.29, 0.717) is 0 Å². The predicted molar refractivity (Wildman–Crippen MR) is 59.3 cm³/mol. The second-order valence-corrected chi connectivity index (χ2v) is 11.4. The summed E-state index contributed by atoms with van der Waals surface area (Å²) in [7, 11) is -0.828. The van der Waals surface area contributed by atoms with Crippen LogP contribution in [0.5, 0.6) is 0 Å². The van der Waals surface area contributed by atoms with Gasteiger partial charge in [0, 0.05) is 8.07 Å². The third-order valence-corrected chi connectivity index (χ3v) is 6.80. The average Bonchev–Trinajstić information content (AvgIpc) is 1.92. The zero-order valence-electron chi connectivity index (χ0n) is 9.35. The molecule has 0 aromatic rings. The Bertz CT molecular complexity index is 146. The summed E-state index contributed by atoms with van der Waals surface area (Å²) in [6, 6.07) is 0. The maximum atomic E-state index is 2.53. The van der Waals surface area contributed by atoms with Crippen molar-refractivity contribution in [2.45, 2.75) is 58.3 Å². The zero-order valence-corrected chi connectivity index (χ0v) is 10.4. The Morgan fingerprint density at radius 3 is 1.92 bits per heavy atom. The fourth-order valence-corrected chi connectivity index (χ4v) is 4.45. The van der Waals surface area contributed by atoms with Crippen molar-refractivity contribution in [3.05, 3.63) is 0 Å². The quantitative estimate of drug-likeness (QED) is 0.537. The molecule has 12 heavy (non-hydrogen) atoms. The van der Waals surface area contributed by atoms with E-state index in [2.05, 4.69) is 33.5 Å². The van der Waals surface area contributed by atoms with Crippen LogP contribution in [0.3, 0.4) is 0 Å². The van der Waals surface area contributed by atoms with E-state index in [1.165, 1.54) is 19.3 Å². The third-order valence-electron chi connectivity index (χ3n) is 3.82. The second-order valence-electron chi connectivity index (χ2n) is 5.83. The Labute approximate surface area is 78.8 Å². The van der Waals surface area contributed by atoms with Gasteiger partial charge in [0.2, 0.25) is 0 Å². The summed E-state index contributed by atoms with van der Waals surface area (Å²) in [6.45, 7) is 12.4. The van der Waals surface area contributed by atoms with E-state index in [0.717, 1.165) is 17.4 Å². The van der Waals surface area contributed by atoms with Gasteiger partial charge in [-0.05, 0) is 23.8 Å². The summed E-state index contributed by atoms with van der Waals surface area (Å²) in [6.07, 6.45) is 4.51. The Morgan fingerprint density at radius 1 is 0.917 bits per heavy atom. The smallest absolute Gasteiger partial charge is 0.0473 e. The van der Waals surface area contributed by atoms with Gasteiger partial charge in [0.05, 0.1) is 0 Å². The zero-order chi connectivity index (χ0) is 9.35. The van der Waals surface area contributed by atoms with Crippen LogP contribution in [0.15, 0.2) is 0 Å². The molecular formula is C11H24Si. The molecule has 1 aliphatic carbocycles. The Morgan fingerprint density at radius 2 is 1.50 bits per heavy atom. The topological polar surface area (TPSA) is 0 Å². The van der Waals surface area contributed by atoms with Crippen LogP contribution in [0.25, 0.3) is 0 Å². The maximum absolute atomic E-state index is 2.53. The average molecular weight is 184 g/mol. The molecule has 0 bridgehead atoms. The molecule has 3 atom stereocenters. The molecule has 0 heterocycles. The van der Waals surface area contributed by atoms with Crippen LogP contribution < -0.4 is 0 Å². The molecule has 72 valence electrons. The highest BCUT2D eigenvalue weighted by molar-refractivity contribution is 6.77. The normalized spacial score (nSPS) is 38.2. The van der Waals surface area contributed by atoms with E-state index in [9.17, 15) is 0 Å². The summed E-state index contributed by atoms with van der Waals surface area (Å²) in [5.74, 6) is 1.97. The molecular weight excluding hydrogens is 160 g/mol. The van der Waals surface area contributed by atoms with Crippen LogP contribution in [-0.2, 0) is 0 Å². The van der Waals surface area contributed by atoms with E-state index in [1.807, 2.05) is 0 Å². The first kappa shape index (κ1) is 10.3. The van der Waals surface area contributed by atoms with Crippen molar-refractivity contribution in [2.24, 2.45) is 11.8 Å². The predicted octanol–water partition coefficient (Wildman–Crippen LogP) is 4.15. The second kappa shape index (κ2) is 3.53. The van der Waals surface area contributed by atoms with Crippen LogP contribution >= 0.6 is 0 Å². The van der Waals surface area contributed by atoms with Gasteiger partial charge in [0.15, 0.2) is 0 Å². The lowest BCUT2D eigenvalue weighted by molar-refractivity contribution is 0.273. The van der Waals surface area contributed by atoms with Gasteiger partial charge in [-0.1, -0.05) is 46.3 Å². The molecule has 3 unspecified atom stereocenters. The lowest BCUT2D eigenvalue weighted by Gasteiger charge is -2.38. The lowest BCUT2D eigenvalue weighted by atomic mass is 9.81. The molecule has 0 radical (unpaired) electrons. The van der Waals surface area contributed by atoms with Crippen molar-refractivity contribution in [2.75, 3.05) is 0 Å². The Kier molecular flexibility index (Phi) is 3.03. The molecule has 0 saturated heterocycles. The van der Waals surface area contributed by atoms with Crippen LogP contribution in [-0.4, -0.2) is 8.07 Å². The summed E-state index contributed by atoms with van der Waals surface area (Å²) < 4.78 is 0. The van der Waals surface area contributed by atoms with Crippen molar-refractivity contribution in [3.63, 3.8) is 0 Å². The molecule has 0 spiro atoms. The molecule has 1 fully saturated rings. The highest BCUT2D eigenvalue weighted by Crippen LogP contribution is 2.42. The van der Waals surface area contributed by atoms with Crippen molar-refractivity contribution < 1.29 is 0 Å². The van der Waals surface area contributed by atoms with E-state index in [4.69, 9.17) is 0 Å². The minimum atomic E-state index is -0.828. The first-order chi connectivity index (χ1) is 5.41. The monoisotopic (exact) mass is 184 g/mol. The molecule has 1 aliphatic rings.